The number of aromatic nitrogens is 3. The van der Waals surface area contributed by atoms with E-state index in [1.165, 1.54) is 6.33 Å². The van der Waals surface area contributed by atoms with E-state index in [1.54, 1.807) is 22.9 Å². The Kier molecular flexibility index (Phi) is 4.39. The van der Waals surface area contributed by atoms with Gasteiger partial charge in [-0.25, -0.2) is 9.67 Å². The van der Waals surface area contributed by atoms with Crippen molar-refractivity contribution in [3.8, 4) is 0 Å². The van der Waals surface area contributed by atoms with Gasteiger partial charge in [-0.05, 0) is 24.1 Å². The largest absolute Gasteiger partial charge is 0.398 e. The lowest BCUT2D eigenvalue weighted by Gasteiger charge is -2.09. The molecule has 0 saturated carbocycles. The van der Waals surface area contributed by atoms with Crippen molar-refractivity contribution in [2.75, 3.05) is 5.73 Å². The van der Waals surface area contributed by atoms with Gasteiger partial charge in [0.25, 0.3) is 0 Å². The standard InChI is InChI=1S/C14H17ClN4O/c1-9(2)7-19-14(17-8-18-19)6-13(20)11-4-3-10(15)5-12(11)16/h3-5,8-9H,6-7,16H2,1-2H3. The fraction of sp³-hybridized carbons (Fsp3) is 0.357. The molecular formula is C14H17ClN4O. The molecule has 20 heavy (non-hydrogen) atoms. The maximum atomic E-state index is 12.3. The first-order valence-electron chi connectivity index (χ1n) is 6.42. The average Bonchev–Trinajstić information content (AvgIpc) is 2.75. The smallest absolute Gasteiger partial charge is 0.172 e. The average molecular weight is 293 g/mol. The number of nitrogens with two attached hydrogens (primary N) is 1. The molecule has 0 aliphatic rings. The molecule has 1 heterocycles. The molecule has 5 nitrogen and oxygen atoms in total. The molecule has 0 radical (unpaired) electrons. The summed E-state index contributed by atoms with van der Waals surface area (Å²) >= 11 is 5.83. The number of benzene rings is 1. The number of rotatable bonds is 5. The van der Waals surface area contributed by atoms with E-state index in [0.29, 0.717) is 28.0 Å². The molecule has 0 aliphatic carbocycles. The van der Waals surface area contributed by atoms with E-state index in [-0.39, 0.29) is 12.2 Å². The Hall–Kier alpha value is -1.88. The molecule has 0 bridgehead atoms. The van der Waals surface area contributed by atoms with Crippen LogP contribution in [0.3, 0.4) is 0 Å². The van der Waals surface area contributed by atoms with Gasteiger partial charge < -0.3 is 5.73 Å². The third-order valence-corrected chi connectivity index (χ3v) is 3.10. The van der Waals surface area contributed by atoms with Gasteiger partial charge in [0.2, 0.25) is 0 Å². The molecular weight excluding hydrogens is 276 g/mol. The fourth-order valence-electron chi connectivity index (χ4n) is 1.95. The van der Waals surface area contributed by atoms with Crippen molar-refractivity contribution in [2.45, 2.75) is 26.8 Å². The molecule has 1 aromatic carbocycles. The zero-order chi connectivity index (χ0) is 14.7. The summed E-state index contributed by atoms with van der Waals surface area (Å²) in [6.07, 6.45) is 1.65. The zero-order valence-corrected chi connectivity index (χ0v) is 12.3. The molecule has 0 saturated heterocycles. The summed E-state index contributed by atoms with van der Waals surface area (Å²) in [4.78, 5) is 16.4. The lowest BCUT2D eigenvalue weighted by atomic mass is 10.1. The molecule has 0 amide bonds. The second kappa shape index (κ2) is 6.05. The van der Waals surface area contributed by atoms with Crippen molar-refractivity contribution in [3.63, 3.8) is 0 Å². The first-order valence-corrected chi connectivity index (χ1v) is 6.80. The fourth-order valence-corrected chi connectivity index (χ4v) is 2.13. The number of nitrogen functional groups attached to an aromatic ring is 1. The molecule has 6 heteroatoms. The third kappa shape index (κ3) is 3.36. The van der Waals surface area contributed by atoms with Crippen molar-refractivity contribution in [3.05, 3.63) is 40.9 Å². The molecule has 2 rings (SSSR count). The van der Waals surface area contributed by atoms with Crippen LogP contribution in [0, 0.1) is 5.92 Å². The van der Waals surface area contributed by atoms with Gasteiger partial charge in [0.05, 0.1) is 6.42 Å². The summed E-state index contributed by atoms with van der Waals surface area (Å²) in [6.45, 7) is 4.91. The number of anilines is 1. The van der Waals surface area contributed by atoms with Gasteiger partial charge in [-0.15, -0.1) is 0 Å². The van der Waals surface area contributed by atoms with Crippen LogP contribution < -0.4 is 5.73 Å². The molecule has 106 valence electrons. The van der Waals surface area contributed by atoms with Crippen LogP contribution in [0.25, 0.3) is 0 Å². The normalized spacial score (nSPS) is 11.0. The summed E-state index contributed by atoms with van der Waals surface area (Å²) < 4.78 is 1.76. The van der Waals surface area contributed by atoms with Gasteiger partial charge in [0.15, 0.2) is 5.78 Å². The van der Waals surface area contributed by atoms with Crippen molar-refractivity contribution < 1.29 is 4.79 Å². The van der Waals surface area contributed by atoms with Crippen molar-refractivity contribution in [2.24, 2.45) is 5.92 Å². The summed E-state index contributed by atoms with van der Waals surface area (Å²) in [5.41, 5.74) is 6.67. The minimum Gasteiger partial charge on any atom is -0.398 e. The van der Waals surface area contributed by atoms with Crippen LogP contribution in [0.1, 0.15) is 30.0 Å². The Morgan fingerprint density at radius 2 is 2.20 bits per heavy atom. The highest BCUT2D eigenvalue weighted by Gasteiger charge is 2.15. The Morgan fingerprint density at radius 1 is 1.45 bits per heavy atom. The van der Waals surface area contributed by atoms with Crippen molar-refractivity contribution >= 4 is 23.1 Å². The van der Waals surface area contributed by atoms with E-state index < -0.39 is 0 Å². The Balaban J connectivity index is 2.17. The first-order chi connectivity index (χ1) is 9.47. The SMILES string of the molecule is CC(C)Cn1ncnc1CC(=O)c1ccc(Cl)cc1N. The van der Waals surface area contributed by atoms with E-state index in [0.717, 1.165) is 6.54 Å². The molecule has 0 unspecified atom stereocenters. The third-order valence-electron chi connectivity index (χ3n) is 2.87. The number of ketones is 1. The summed E-state index contributed by atoms with van der Waals surface area (Å²) in [6, 6.07) is 4.88. The van der Waals surface area contributed by atoms with Gasteiger partial charge in [-0.3, -0.25) is 4.79 Å². The predicted octanol–water partition coefficient (Wildman–Crippen LogP) is 2.60. The lowest BCUT2D eigenvalue weighted by molar-refractivity contribution is 0.0990. The monoisotopic (exact) mass is 292 g/mol. The Morgan fingerprint density at radius 3 is 2.85 bits per heavy atom. The number of halogens is 1. The van der Waals surface area contributed by atoms with Gasteiger partial charge in [0, 0.05) is 22.8 Å². The van der Waals surface area contributed by atoms with Crippen LogP contribution in [0.2, 0.25) is 5.02 Å². The van der Waals surface area contributed by atoms with Gasteiger partial charge in [0.1, 0.15) is 12.2 Å². The number of nitrogens with zero attached hydrogens (tertiary/aromatic N) is 3. The van der Waals surface area contributed by atoms with E-state index in [1.807, 2.05) is 0 Å². The molecule has 0 fully saturated rings. The van der Waals surface area contributed by atoms with E-state index in [9.17, 15) is 4.79 Å². The number of Topliss-reactive ketones (excluding diaryl/α,β-unsaturated/α-hetero) is 1. The van der Waals surface area contributed by atoms with E-state index in [4.69, 9.17) is 17.3 Å². The maximum absolute atomic E-state index is 12.3. The van der Waals surface area contributed by atoms with E-state index in [2.05, 4.69) is 23.9 Å². The number of carbonyl (C=O) groups excluding carboxylic acids is 1. The molecule has 0 aliphatic heterocycles. The molecule has 0 spiro atoms. The Labute approximate surface area is 122 Å². The second-order valence-corrected chi connectivity index (χ2v) is 5.52. The van der Waals surface area contributed by atoms with Crippen LogP contribution in [0.5, 0.6) is 0 Å². The maximum Gasteiger partial charge on any atom is 0.172 e. The lowest BCUT2D eigenvalue weighted by Crippen LogP contribution is -2.15. The van der Waals surface area contributed by atoms with Crippen LogP contribution in [0.4, 0.5) is 5.69 Å². The Bertz CT molecular complexity index is 621. The minimum absolute atomic E-state index is 0.0860. The van der Waals surface area contributed by atoms with Crippen LogP contribution in [0.15, 0.2) is 24.5 Å². The number of carbonyl (C=O) groups is 1. The van der Waals surface area contributed by atoms with Crippen LogP contribution >= 0.6 is 11.6 Å². The zero-order valence-electron chi connectivity index (χ0n) is 11.5. The molecule has 0 atom stereocenters. The van der Waals surface area contributed by atoms with Crippen LogP contribution in [-0.4, -0.2) is 20.5 Å². The number of hydrogen-bond acceptors (Lipinski definition) is 4. The van der Waals surface area contributed by atoms with Crippen LogP contribution in [-0.2, 0) is 13.0 Å². The molecule has 2 N–H and O–H groups in total. The predicted molar refractivity (Wildman–Crippen MR) is 78.8 cm³/mol. The highest BCUT2D eigenvalue weighted by Crippen LogP contribution is 2.19. The van der Waals surface area contributed by atoms with Crippen molar-refractivity contribution in [1.82, 2.24) is 14.8 Å². The second-order valence-electron chi connectivity index (χ2n) is 5.08. The number of hydrogen-bond donors (Lipinski definition) is 1. The topological polar surface area (TPSA) is 73.8 Å². The van der Waals surface area contributed by atoms with E-state index >= 15 is 0 Å². The summed E-state index contributed by atoms with van der Waals surface area (Å²) in [5, 5.41) is 4.66. The van der Waals surface area contributed by atoms with Gasteiger partial charge >= 0.3 is 0 Å². The minimum atomic E-state index is -0.0860. The highest BCUT2D eigenvalue weighted by atomic mass is 35.5. The van der Waals surface area contributed by atoms with Gasteiger partial charge in [-0.2, -0.15) is 5.10 Å². The van der Waals surface area contributed by atoms with Crippen molar-refractivity contribution in [1.29, 1.82) is 0 Å². The summed E-state index contributed by atoms with van der Waals surface area (Å²) in [7, 11) is 0. The first kappa shape index (κ1) is 14.5. The van der Waals surface area contributed by atoms with Gasteiger partial charge in [-0.1, -0.05) is 25.4 Å². The summed E-state index contributed by atoms with van der Waals surface area (Å²) in [5.74, 6) is 1.00. The highest BCUT2D eigenvalue weighted by molar-refractivity contribution is 6.31. The molecule has 1 aromatic heterocycles. The molecule has 2 aromatic rings. The quantitative estimate of drug-likeness (QED) is 0.679.